The van der Waals surface area contributed by atoms with Crippen LogP contribution in [0.5, 0.6) is 0 Å². The van der Waals surface area contributed by atoms with Crippen molar-refractivity contribution in [3.05, 3.63) is 35.9 Å². The summed E-state index contributed by atoms with van der Waals surface area (Å²) in [6.07, 6.45) is 0.810. The molecule has 0 bridgehead atoms. The highest BCUT2D eigenvalue weighted by atomic mass is 32.2. The number of benzene rings is 1. The molecule has 0 aliphatic rings. The van der Waals surface area contributed by atoms with Gasteiger partial charge in [-0.3, -0.25) is 0 Å². The van der Waals surface area contributed by atoms with Gasteiger partial charge in [0, 0.05) is 13.1 Å². The van der Waals surface area contributed by atoms with Gasteiger partial charge < -0.3 is 5.32 Å². The Hall–Kier alpha value is -0.910. The first-order valence-corrected chi connectivity index (χ1v) is 8.43. The molecular weight excluding hydrogens is 260 g/mol. The van der Waals surface area contributed by atoms with Gasteiger partial charge in [0.2, 0.25) is 10.0 Å². The van der Waals surface area contributed by atoms with E-state index >= 15 is 0 Å². The fraction of sp³-hybridized carbons (Fsp3) is 0.571. The van der Waals surface area contributed by atoms with Crippen LogP contribution in [0.25, 0.3) is 0 Å². The van der Waals surface area contributed by atoms with Crippen molar-refractivity contribution in [3.63, 3.8) is 0 Å². The molecule has 4 nitrogen and oxygen atoms in total. The van der Waals surface area contributed by atoms with E-state index in [1.165, 1.54) is 5.56 Å². The Bertz CT molecular complexity index is 446. The Morgan fingerprint density at radius 3 is 2.47 bits per heavy atom. The molecule has 1 atom stereocenters. The van der Waals surface area contributed by atoms with Crippen molar-refractivity contribution in [2.75, 3.05) is 25.4 Å². The maximum Gasteiger partial charge on any atom is 0.212 e. The number of sulfonamides is 1. The third kappa shape index (κ3) is 6.71. The van der Waals surface area contributed by atoms with Crippen LogP contribution in [0.3, 0.4) is 0 Å². The van der Waals surface area contributed by atoms with Crippen LogP contribution < -0.4 is 10.0 Å². The maximum atomic E-state index is 11.7. The predicted octanol–water partition coefficient (Wildman–Crippen LogP) is 1.71. The standard InChI is InChI=1S/C14H24N2O2S/c1-3-15-11-12-19(17,18)16-10-9-13(2)14-7-5-4-6-8-14/h4-8,13,15-16H,3,9-12H2,1-2H3. The molecule has 0 spiro atoms. The van der Waals surface area contributed by atoms with E-state index in [0.29, 0.717) is 19.0 Å². The van der Waals surface area contributed by atoms with Gasteiger partial charge in [-0.15, -0.1) is 0 Å². The lowest BCUT2D eigenvalue weighted by molar-refractivity contribution is 0.569. The molecule has 5 heteroatoms. The molecule has 2 N–H and O–H groups in total. The van der Waals surface area contributed by atoms with E-state index in [9.17, 15) is 8.42 Å². The van der Waals surface area contributed by atoms with Crippen molar-refractivity contribution in [1.29, 1.82) is 0 Å². The minimum atomic E-state index is -3.14. The number of hydrogen-bond donors (Lipinski definition) is 2. The lowest BCUT2D eigenvalue weighted by Gasteiger charge is -2.12. The highest BCUT2D eigenvalue weighted by Crippen LogP contribution is 2.17. The summed E-state index contributed by atoms with van der Waals surface area (Å²) >= 11 is 0. The van der Waals surface area contributed by atoms with E-state index in [2.05, 4.69) is 29.1 Å². The Labute approximate surface area is 116 Å². The normalized spacial score (nSPS) is 13.4. The summed E-state index contributed by atoms with van der Waals surface area (Å²) in [6.45, 7) is 5.86. The van der Waals surface area contributed by atoms with Crippen molar-refractivity contribution < 1.29 is 8.42 Å². The zero-order valence-electron chi connectivity index (χ0n) is 11.7. The van der Waals surface area contributed by atoms with Crippen LogP contribution in [0.15, 0.2) is 30.3 Å². The number of nitrogens with one attached hydrogen (secondary N) is 2. The van der Waals surface area contributed by atoms with Crippen molar-refractivity contribution in [1.82, 2.24) is 10.0 Å². The molecule has 0 aliphatic carbocycles. The minimum Gasteiger partial charge on any atom is -0.316 e. The van der Waals surface area contributed by atoms with Gasteiger partial charge in [0.1, 0.15) is 0 Å². The molecular formula is C14H24N2O2S. The molecule has 0 aromatic heterocycles. The lowest BCUT2D eigenvalue weighted by Crippen LogP contribution is -2.32. The third-order valence-corrected chi connectivity index (χ3v) is 4.45. The van der Waals surface area contributed by atoms with Gasteiger partial charge in [-0.25, -0.2) is 13.1 Å². The van der Waals surface area contributed by atoms with Crippen LogP contribution in [0, 0.1) is 0 Å². The highest BCUT2D eigenvalue weighted by molar-refractivity contribution is 7.89. The molecule has 0 saturated heterocycles. The molecule has 0 saturated carbocycles. The molecule has 19 heavy (non-hydrogen) atoms. The number of hydrogen-bond acceptors (Lipinski definition) is 3. The summed E-state index contributed by atoms with van der Waals surface area (Å²) in [7, 11) is -3.14. The summed E-state index contributed by atoms with van der Waals surface area (Å²) in [5.41, 5.74) is 1.24. The molecule has 108 valence electrons. The molecule has 0 heterocycles. The lowest BCUT2D eigenvalue weighted by atomic mass is 9.98. The quantitative estimate of drug-likeness (QED) is 0.679. The van der Waals surface area contributed by atoms with Crippen LogP contribution in [0.2, 0.25) is 0 Å². The number of rotatable bonds is 9. The summed E-state index contributed by atoms with van der Waals surface area (Å²) in [5, 5.41) is 3.01. The Balaban J connectivity index is 2.30. The Morgan fingerprint density at radius 2 is 1.84 bits per heavy atom. The molecule has 1 rings (SSSR count). The minimum absolute atomic E-state index is 0.139. The van der Waals surface area contributed by atoms with E-state index in [-0.39, 0.29) is 5.75 Å². The second-order valence-corrected chi connectivity index (χ2v) is 6.59. The fourth-order valence-electron chi connectivity index (χ4n) is 1.83. The van der Waals surface area contributed by atoms with Gasteiger partial charge >= 0.3 is 0 Å². The van der Waals surface area contributed by atoms with Gasteiger partial charge in [0.25, 0.3) is 0 Å². The van der Waals surface area contributed by atoms with Crippen LogP contribution in [0.1, 0.15) is 31.7 Å². The molecule has 0 aliphatic heterocycles. The molecule has 0 radical (unpaired) electrons. The van der Waals surface area contributed by atoms with Crippen LogP contribution in [-0.2, 0) is 10.0 Å². The summed E-state index contributed by atoms with van der Waals surface area (Å²) in [6, 6.07) is 10.1. The maximum absolute atomic E-state index is 11.7. The summed E-state index contributed by atoms with van der Waals surface area (Å²) < 4.78 is 26.0. The van der Waals surface area contributed by atoms with Crippen LogP contribution >= 0.6 is 0 Å². The fourth-order valence-corrected chi connectivity index (χ4v) is 2.82. The monoisotopic (exact) mass is 284 g/mol. The molecule has 1 aromatic carbocycles. The van der Waals surface area contributed by atoms with Gasteiger partial charge in [0.05, 0.1) is 5.75 Å². The van der Waals surface area contributed by atoms with E-state index in [4.69, 9.17) is 0 Å². The Kier molecular flexibility index (Phi) is 7.05. The molecule has 0 amide bonds. The van der Waals surface area contributed by atoms with Crippen LogP contribution in [0.4, 0.5) is 0 Å². The van der Waals surface area contributed by atoms with E-state index in [1.807, 2.05) is 25.1 Å². The van der Waals surface area contributed by atoms with E-state index in [1.54, 1.807) is 0 Å². The van der Waals surface area contributed by atoms with Crippen molar-refractivity contribution in [3.8, 4) is 0 Å². The average molecular weight is 284 g/mol. The summed E-state index contributed by atoms with van der Waals surface area (Å²) in [5.74, 6) is 0.498. The molecule has 1 aromatic rings. The first-order chi connectivity index (χ1) is 9.05. The zero-order chi connectivity index (χ0) is 14.1. The first-order valence-electron chi connectivity index (χ1n) is 6.78. The second kappa shape index (κ2) is 8.30. The zero-order valence-corrected chi connectivity index (χ0v) is 12.5. The van der Waals surface area contributed by atoms with Crippen molar-refractivity contribution in [2.24, 2.45) is 0 Å². The predicted molar refractivity (Wildman–Crippen MR) is 79.8 cm³/mol. The SMILES string of the molecule is CCNCCS(=O)(=O)NCCC(C)c1ccccc1. The van der Waals surface area contributed by atoms with Gasteiger partial charge in [0.15, 0.2) is 0 Å². The first kappa shape index (κ1) is 16.1. The molecule has 0 fully saturated rings. The van der Waals surface area contributed by atoms with Gasteiger partial charge in [-0.05, 0) is 24.4 Å². The molecule has 1 unspecified atom stereocenters. The van der Waals surface area contributed by atoms with E-state index in [0.717, 1.165) is 13.0 Å². The Morgan fingerprint density at radius 1 is 1.16 bits per heavy atom. The van der Waals surface area contributed by atoms with Crippen molar-refractivity contribution >= 4 is 10.0 Å². The van der Waals surface area contributed by atoms with Crippen LogP contribution in [-0.4, -0.2) is 33.8 Å². The average Bonchev–Trinajstić information content (AvgIpc) is 2.39. The second-order valence-electron chi connectivity index (χ2n) is 4.67. The van der Waals surface area contributed by atoms with Gasteiger partial charge in [-0.1, -0.05) is 44.2 Å². The summed E-state index contributed by atoms with van der Waals surface area (Å²) in [4.78, 5) is 0. The van der Waals surface area contributed by atoms with Crippen molar-refractivity contribution in [2.45, 2.75) is 26.2 Å². The van der Waals surface area contributed by atoms with Gasteiger partial charge in [-0.2, -0.15) is 0 Å². The highest BCUT2D eigenvalue weighted by Gasteiger charge is 2.10. The topological polar surface area (TPSA) is 58.2 Å². The van der Waals surface area contributed by atoms with E-state index < -0.39 is 10.0 Å². The largest absolute Gasteiger partial charge is 0.316 e. The smallest absolute Gasteiger partial charge is 0.212 e. The third-order valence-electron chi connectivity index (χ3n) is 3.07.